The van der Waals surface area contributed by atoms with E-state index in [0.717, 1.165) is 0 Å². The summed E-state index contributed by atoms with van der Waals surface area (Å²) in [6.07, 6.45) is 0. The number of nitrogens with one attached hydrogen (secondary N) is 1. The molecule has 0 saturated heterocycles. The van der Waals surface area contributed by atoms with Crippen LogP contribution in [0.4, 0.5) is 0 Å². The molecule has 0 aliphatic heterocycles. The van der Waals surface area contributed by atoms with Crippen molar-refractivity contribution in [2.45, 2.75) is 19.4 Å². The van der Waals surface area contributed by atoms with Crippen molar-refractivity contribution in [3.8, 4) is 0 Å². The molecule has 0 aromatic carbocycles. The van der Waals surface area contributed by atoms with Crippen LogP contribution >= 0.6 is 0 Å². The van der Waals surface area contributed by atoms with Gasteiger partial charge in [-0.1, -0.05) is 0 Å². The molecule has 0 bridgehead atoms. The van der Waals surface area contributed by atoms with Crippen molar-refractivity contribution in [3.05, 3.63) is 0 Å². The predicted molar refractivity (Wildman–Crippen MR) is 36.3 cm³/mol. The number of hydrogen-bond donors (Lipinski definition) is 2. The molecule has 0 aliphatic carbocycles. The van der Waals surface area contributed by atoms with Crippen LogP contribution in [-0.2, 0) is 9.53 Å². The van der Waals surface area contributed by atoms with Crippen LogP contribution in [-0.4, -0.2) is 30.5 Å². The second-order valence-corrected chi connectivity index (χ2v) is 2.45. The summed E-state index contributed by atoms with van der Waals surface area (Å²) in [6, 6.07) is 0. The summed E-state index contributed by atoms with van der Waals surface area (Å²) in [6.45, 7) is 3.03. The zero-order valence-corrected chi connectivity index (χ0v) is 6.47. The number of carbonyl (C=O) groups excluding carboxylic acids is 1. The number of rotatable bonds is 3. The molecule has 0 atom stereocenters. The maximum atomic E-state index is 10.8. The number of aliphatic hydroxyl groups is 1. The molecule has 0 rings (SSSR count). The third kappa shape index (κ3) is 2.33. The molecule has 0 aromatic heterocycles. The number of esters is 1. The van der Waals surface area contributed by atoms with Gasteiger partial charge in [0.15, 0.2) is 0 Å². The average molecular weight is 147 g/mol. The summed E-state index contributed by atoms with van der Waals surface area (Å²) in [5.41, 5.74) is -0.802. The maximum Gasteiger partial charge on any atom is 0.325 e. The van der Waals surface area contributed by atoms with Crippen LogP contribution in [0.1, 0.15) is 13.8 Å². The Balaban J connectivity index is 3.96. The highest BCUT2D eigenvalue weighted by Crippen LogP contribution is 2.02. The fraction of sp³-hybridized carbons (Fsp3) is 0.833. The lowest BCUT2D eigenvalue weighted by molar-refractivity contribution is -0.147. The fourth-order valence-corrected chi connectivity index (χ4v) is 0.525. The maximum absolute atomic E-state index is 10.8. The van der Waals surface area contributed by atoms with Crippen molar-refractivity contribution in [2.24, 2.45) is 0 Å². The van der Waals surface area contributed by atoms with Crippen molar-refractivity contribution in [2.75, 3.05) is 13.8 Å². The summed E-state index contributed by atoms with van der Waals surface area (Å²) in [7, 11) is 1.31. The van der Waals surface area contributed by atoms with Crippen molar-refractivity contribution in [1.82, 2.24) is 5.32 Å². The number of methoxy groups -OCH3 is 1. The lowest BCUT2D eigenvalue weighted by Crippen LogP contribution is -2.47. The van der Waals surface area contributed by atoms with Crippen LogP contribution in [0, 0.1) is 0 Å². The van der Waals surface area contributed by atoms with E-state index in [1.165, 1.54) is 7.11 Å². The highest BCUT2D eigenvalue weighted by atomic mass is 16.5. The summed E-state index contributed by atoms with van der Waals surface area (Å²) >= 11 is 0. The van der Waals surface area contributed by atoms with Gasteiger partial charge in [0.05, 0.1) is 13.8 Å². The normalized spacial score (nSPS) is 11.2. The van der Waals surface area contributed by atoms with E-state index in [1.54, 1.807) is 13.8 Å². The first kappa shape index (κ1) is 9.39. The Labute approximate surface area is 60.2 Å². The van der Waals surface area contributed by atoms with Gasteiger partial charge in [-0.15, -0.1) is 0 Å². The van der Waals surface area contributed by atoms with E-state index in [9.17, 15) is 4.79 Å². The Kier molecular flexibility index (Phi) is 3.32. The smallest absolute Gasteiger partial charge is 0.325 e. The standard InChI is InChI=1S/C6H13NO3/c1-6(2,7-4-8)5(9)10-3/h7-8H,4H2,1-3H3. The summed E-state index contributed by atoms with van der Waals surface area (Å²) in [5.74, 6) is -0.387. The van der Waals surface area contributed by atoms with Gasteiger partial charge in [-0.25, -0.2) is 0 Å². The second kappa shape index (κ2) is 3.53. The molecule has 0 saturated carbocycles. The zero-order valence-electron chi connectivity index (χ0n) is 6.47. The predicted octanol–water partition coefficient (Wildman–Crippen LogP) is -0.523. The summed E-state index contributed by atoms with van der Waals surface area (Å²) in [4.78, 5) is 10.8. The molecule has 10 heavy (non-hydrogen) atoms. The minimum Gasteiger partial charge on any atom is -0.468 e. The van der Waals surface area contributed by atoms with Crippen molar-refractivity contribution in [1.29, 1.82) is 0 Å². The monoisotopic (exact) mass is 147 g/mol. The van der Waals surface area contributed by atoms with Crippen molar-refractivity contribution < 1.29 is 14.6 Å². The Morgan fingerprint density at radius 2 is 2.20 bits per heavy atom. The van der Waals surface area contributed by atoms with Gasteiger partial charge in [0.2, 0.25) is 0 Å². The molecule has 4 heteroatoms. The summed E-state index contributed by atoms with van der Waals surface area (Å²) < 4.78 is 4.46. The molecular formula is C6H13NO3. The lowest BCUT2D eigenvalue weighted by atomic mass is 10.1. The Bertz CT molecular complexity index is 122. The first-order valence-corrected chi connectivity index (χ1v) is 2.99. The van der Waals surface area contributed by atoms with Gasteiger partial charge >= 0.3 is 5.97 Å². The van der Waals surface area contributed by atoms with Crippen molar-refractivity contribution >= 4 is 5.97 Å². The van der Waals surface area contributed by atoms with Crippen LogP contribution < -0.4 is 5.32 Å². The van der Waals surface area contributed by atoms with Gasteiger partial charge in [-0.05, 0) is 13.8 Å². The molecule has 60 valence electrons. The van der Waals surface area contributed by atoms with Gasteiger partial charge in [-0.3, -0.25) is 10.1 Å². The highest BCUT2D eigenvalue weighted by molar-refractivity contribution is 5.79. The fourth-order valence-electron chi connectivity index (χ4n) is 0.525. The van der Waals surface area contributed by atoms with Crippen LogP contribution in [0.5, 0.6) is 0 Å². The minimum atomic E-state index is -0.802. The van der Waals surface area contributed by atoms with Crippen molar-refractivity contribution in [3.63, 3.8) is 0 Å². The van der Waals surface area contributed by atoms with E-state index in [2.05, 4.69) is 10.1 Å². The molecule has 0 heterocycles. The van der Waals surface area contributed by atoms with E-state index < -0.39 is 5.54 Å². The molecule has 0 aliphatic rings. The average Bonchev–Trinajstić information content (AvgIpc) is 1.86. The molecule has 0 fully saturated rings. The number of hydrogen-bond acceptors (Lipinski definition) is 4. The van der Waals surface area contributed by atoms with Crippen LogP contribution in [0.25, 0.3) is 0 Å². The van der Waals surface area contributed by atoms with E-state index in [4.69, 9.17) is 5.11 Å². The van der Waals surface area contributed by atoms with Gasteiger partial charge < -0.3 is 9.84 Å². The van der Waals surface area contributed by atoms with Crippen LogP contribution in [0.15, 0.2) is 0 Å². The Hall–Kier alpha value is -0.610. The molecule has 0 radical (unpaired) electrons. The molecule has 2 N–H and O–H groups in total. The SMILES string of the molecule is COC(=O)C(C)(C)NCO. The zero-order chi connectivity index (χ0) is 8.20. The van der Waals surface area contributed by atoms with Gasteiger partial charge in [0, 0.05) is 0 Å². The van der Waals surface area contributed by atoms with E-state index in [1.807, 2.05) is 0 Å². The van der Waals surface area contributed by atoms with E-state index in [0.29, 0.717) is 0 Å². The summed E-state index contributed by atoms with van der Waals surface area (Å²) in [5, 5.41) is 11.0. The first-order chi connectivity index (χ1) is 4.54. The van der Waals surface area contributed by atoms with Gasteiger partial charge in [0.1, 0.15) is 5.54 Å². The Morgan fingerprint density at radius 3 is 2.50 bits per heavy atom. The third-order valence-electron chi connectivity index (χ3n) is 1.22. The third-order valence-corrected chi connectivity index (χ3v) is 1.22. The number of carbonyl (C=O) groups is 1. The van der Waals surface area contributed by atoms with Crippen LogP contribution in [0.3, 0.4) is 0 Å². The van der Waals surface area contributed by atoms with Gasteiger partial charge in [0.25, 0.3) is 0 Å². The molecule has 0 spiro atoms. The lowest BCUT2D eigenvalue weighted by Gasteiger charge is -2.21. The number of aliphatic hydroxyl groups excluding tert-OH is 1. The molecule has 4 nitrogen and oxygen atoms in total. The molecule has 0 aromatic rings. The van der Waals surface area contributed by atoms with E-state index >= 15 is 0 Å². The van der Waals surface area contributed by atoms with Gasteiger partial charge in [-0.2, -0.15) is 0 Å². The largest absolute Gasteiger partial charge is 0.468 e. The van der Waals surface area contributed by atoms with Crippen LogP contribution in [0.2, 0.25) is 0 Å². The Morgan fingerprint density at radius 1 is 1.70 bits per heavy atom. The topological polar surface area (TPSA) is 58.6 Å². The minimum absolute atomic E-state index is 0.234. The molecule has 0 unspecified atom stereocenters. The molecule has 0 amide bonds. The first-order valence-electron chi connectivity index (χ1n) is 2.99. The molecular weight excluding hydrogens is 134 g/mol. The van der Waals surface area contributed by atoms with E-state index in [-0.39, 0.29) is 12.7 Å². The highest BCUT2D eigenvalue weighted by Gasteiger charge is 2.26. The number of ether oxygens (including phenoxy) is 1. The quantitative estimate of drug-likeness (QED) is 0.416. The second-order valence-electron chi connectivity index (χ2n) is 2.45.